The molecule has 3 aromatic carbocycles. The number of amides is 1. The van der Waals surface area contributed by atoms with Crippen LogP contribution < -0.4 is 18.9 Å². The van der Waals surface area contributed by atoms with Crippen LogP contribution in [0, 0.1) is 0 Å². The molecule has 3 aromatic rings. The summed E-state index contributed by atoms with van der Waals surface area (Å²) in [7, 11) is 4.81. The molecule has 0 aromatic heterocycles. The third kappa shape index (κ3) is 4.57. The quantitative estimate of drug-likeness (QED) is 0.479. The van der Waals surface area contributed by atoms with Crippen molar-refractivity contribution in [1.29, 1.82) is 0 Å². The first kappa shape index (κ1) is 22.8. The Bertz CT molecular complexity index is 1150. The van der Waals surface area contributed by atoms with Gasteiger partial charge in [-0.2, -0.15) is 0 Å². The van der Waals surface area contributed by atoms with Crippen LogP contribution in [0.2, 0.25) is 5.02 Å². The lowest BCUT2D eigenvalue weighted by atomic mass is 9.91. The lowest BCUT2D eigenvalue weighted by Gasteiger charge is -2.38. The number of hydrogen-bond acceptors (Lipinski definition) is 5. The highest BCUT2D eigenvalue weighted by atomic mass is 35.5. The van der Waals surface area contributed by atoms with Crippen LogP contribution >= 0.6 is 11.6 Å². The number of fused-ring (bicyclic) bond motifs is 1. The first-order valence-corrected chi connectivity index (χ1v) is 11.0. The van der Waals surface area contributed by atoms with E-state index in [1.165, 1.54) is 0 Å². The standard InChI is InChI=1S/C26H26ClNO5/c1-30-22-10-6-7-11-23(22)33-16-21-19-15-25(32-3)24(31-2)14-17(19)12-13-28(21)26(29)18-8-4-5-9-20(18)27/h4-11,14-15,21H,12-13,16H2,1-3H3/t21-/m1/s1. The number of carbonyl (C=O) groups excluding carboxylic acids is 1. The maximum atomic E-state index is 13.6. The van der Waals surface area contributed by atoms with E-state index in [2.05, 4.69) is 0 Å². The van der Waals surface area contributed by atoms with Crippen LogP contribution in [0.3, 0.4) is 0 Å². The first-order chi connectivity index (χ1) is 16.1. The normalized spacial score (nSPS) is 14.9. The maximum absolute atomic E-state index is 13.6. The number of nitrogens with zero attached hydrogens (tertiary/aromatic N) is 1. The van der Waals surface area contributed by atoms with Crippen molar-refractivity contribution in [2.45, 2.75) is 12.5 Å². The second kappa shape index (κ2) is 10.0. The summed E-state index contributed by atoms with van der Waals surface area (Å²) in [5.74, 6) is 2.36. The van der Waals surface area contributed by atoms with Crippen molar-refractivity contribution in [3.63, 3.8) is 0 Å². The average molecular weight is 468 g/mol. The molecule has 0 N–H and O–H groups in total. The maximum Gasteiger partial charge on any atom is 0.256 e. The van der Waals surface area contributed by atoms with Crippen molar-refractivity contribution in [2.75, 3.05) is 34.5 Å². The van der Waals surface area contributed by atoms with E-state index in [-0.39, 0.29) is 18.6 Å². The Hall–Kier alpha value is -3.38. The van der Waals surface area contributed by atoms with E-state index < -0.39 is 0 Å². The fraction of sp³-hybridized carbons (Fsp3) is 0.269. The molecule has 1 atom stereocenters. The second-order valence-corrected chi connectivity index (χ2v) is 8.02. The zero-order valence-corrected chi connectivity index (χ0v) is 19.6. The molecule has 0 saturated heterocycles. The van der Waals surface area contributed by atoms with E-state index in [0.717, 1.165) is 11.1 Å². The van der Waals surface area contributed by atoms with E-state index in [9.17, 15) is 4.79 Å². The van der Waals surface area contributed by atoms with Crippen LogP contribution in [0.4, 0.5) is 0 Å². The largest absolute Gasteiger partial charge is 0.493 e. The molecule has 6 nitrogen and oxygen atoms in total. The predicted molar refractivity (Wildman–Crippen MR) is 127 cm³/mol. The molecule has 1 amide bonds. The molecule has 1 aliphatic rings. The van der Waals surface area contributed by atoms with Crippen molar-refractivity contribution in [2.24, 2.45) is 0 Å². The van der Waals surface area contributed by atoms with Gasteiger partial charge in [-0.25, -0.2) is 0 Å². The summed E-state index contributed by atoms with van der Waals surface area (Å²) in [5.41, 5.74) is 2.50. The van der Waals surface area contributed by atoms with Crippen LogP contribution in [0.25, 0.3) is 0 Å². The smallest absolute Gasteiger partial charge is 0.256 e. The second-order valence-electron chi connectivity index (χ2n) is 7.61. The van der Waals surface area contributed by atoms with Gasteiger partial charge in [0.2, 0.25) is 0 Å². The van der Waals surface area contributed by atoms with E-state index in [1.54, 1.807) is 33.5 Å². The van der Waals surface area contributed by atoms with Crippen molar-refractivity contribution in [3.05, 3.63) is 82.4 Å². The van der Waals surface area contributed by atoms with Gasteiger partial charge in [-0.15, -0.1) is 0 Å². The Kier molecular flexibility index (Phi) is 6.94. The third-order valence-corrected chi connectivity index (χ3v) is 6.16. The number of hydrogen-bond donors (Lipinski definition) is 0. The van der Waals surface area contributed by atoms with E-state index in [1.807, 2.05) is 53.4 Å². The summed E-state index contributed by atoms with van der Waals surface area (Å²) in [6.45, 7) is 0.755. The van der Waals surface area contributed by atoms with Gasteiger partial charge in [0.15, 0.2) is 23.0 Å². The van der Waals surface area contributed by atoms with Crippen LogP contribution in [0.1, 0.15) is 27.5 Å². The fourth-order valence-corrected chi connectivity index (χ4v) is 4.36. The molecule has 0 spiro atoms. The summed E-state index contributed by atoms with van der Waals surface area (Å²) < 4.78 is 22.6. The van der Waals surface area contributed by atoms with Gasteiger partial charge in [0.25, 0.3) is 5.91 Å². The minimum atomic E-state index is -0.359. The lowest BCUT2D eigenvalue weighted by Crippen LogP contribution is -2.42. The van der Waals surface area contributed by atoms with Crippen molar-refractivity contribution >= 4 is 17.5 Å². The number of para-hydroxylation sites is 2. The Labute approximate surface area is 198 Å². The molecule has 0 unspecified atom stereocenters. The first-order valence-electron chi connectivity index (χ1n) is 10.6. The van der Waals surface area contributed by atoms with E-state index in [4.69, 9.17) is 30.5 Å². The molecule has 0 bridgehead atoms. The number of ether oxygens (including phenoxy) is 4. The van der Waals surface area contributed by atoms with Crippen molar-refractivity contribution in [3.8, 4) is 23.0 Å². The highest BCUT2D eigenvalue weighted by Gasteiger charge is 2.34. The fourth-order valence-electron chi connectivity index (χ4n) is 4.15. The number of halogens is 1. The Morgan fingerprint density at radius 1 is 0.909 bits per heavy atom. The minimum absolute atomic E-state index is 0.144. The van der Waals surface area contributed by atoms with Gasteiger partial charge < -0.3 is 23.8 Å². The average Bonchev–Trinajstić information content (AvgIpc) is 2.86. The monoisotopic (exact) mass is 467 g/mol. The van der Waals surface area contributed by atoms with E-state index in [0.29, 0.717) is 46.5 Å². The van der Waals surface area contributed by atoms with Gasteiger partial charge in [-0.05, 0) is 53.9 Å². The van der Waals surface area contributed by atoms with Gasteiger partial charge in [0.05, 0.1) is 38.0 Å². The molecular formula is C26H26ClNO5. The summed E-state index contributed by atoms with van der Waals surface area (Å²) in [5, 5.41) is 0.421. The SMILES string of the molecule is COc1cc2c(cc1OC)[C@@H](COc1ccccc1OC)N(C(=O)c1ccccc1Cl)CC2. The van der Waals surface area contributed by atoms with Crippen LogP contribution in [0.15, 0.2) is 60.7 Å². The molecule has 0 saturated carbocycles. The topological polar surface area (TPSA) is 57.2 Å². The molecule has 172 valence electrons. The highest BCUT2D eigenvalue weighted by molar-refractivity contribution is 6.33. The summed E-state index contributed by atoms with van der Waals surface area (Å²) in [4.78, 5) is 15.4. The van der Waals surface area contributed by atoms with Crippen molar-refractivity contribution in [1.82, 2.24) is 4.90 Å². The van der Waals surface area contributed by atoms with Gasteiger partial charge >= 0.3 is 0 Å². The summed E-state index contributed by atoms with van der Waals surface area (Å²) in [6.07, 6.45) is 0.678. The van der Waals surface area contributed by atoms with Crippen LogP contribution in [-0.2, 0) is 6.42 Å². The Balaban J connectivity index is 1.73. The number of carbonyl (C=O) groups is 1. The van der Waals surface area contributed by atoms with Gasteiger partial charge in [0, 0.05) is 6.54 Å². The van der Waals surface area contributed by atoms with Gasteiger partial charge in [0.1, 0.15) is 6.61 Å². The number of methoxy groups -OCH3 is 3. The molecule has 1 aliphatic heterocycles. The van der Waals surface area contributed by atoms with Gasteiger partial charge in [-0.1, -0.05) is 35.9 Å². The molecule has 0 aliphatic carbocycles. The summed E-state index contributed by atoms with van der Waals surface area (Å²) in [6, 6.07) is 18.1. The zero-order valence-electron chi connectivity index (χ0n) is 18.8. The molecule has 0 fully saturated rings. The molecule has 0 radical (unpaired) electrons. The van der Waals surface area contributed by atoms with Crippen molar-refractivity contribution < 1.29 is 23.7 Å². The molecule has 7 heteroatoms. The Morgan fingerprint density at radius 2 is 1.55 bits per heavy atom. The summed E-state index contributed by atoms with van der Waals surface area (Å²) >= 11 is 6.35. The van der Waals surface area contributed by atoms with Gasteiger partial charge in [-0.3, -0.25) is 4.79 Å². The lowest BCUT2D eigenvalue weighted by molar-refractivity contribution is 0.0587. The molecular weight excluding hydrogens is 442 g/mol. The zero-order chi connectivity index (χ0) is 23.4. The number of rotatable bonds is 7. The van der Waals surface area contributed by atoms with E-state index >= 15 is 0 Å². The van der Waals surface area contributed by atoms with Crippen LogP contribution in [0.5, 0.6) is 23.0 Å². The molecule has 1 heterocycles. The number of benzene rings is 3. The predicted octanol–water partition coefficient (Wildman–Crippen LogP) is 5.18. The third-order valence-electron chi connectivity index (χ3n) is 5.83. The molecule has 4 rings (SSSR count). The van der Waals surface area contributed by atoms with Crippen LogP contribution in [-0.4, -0.2) is 45.3 Å². The Morgan fingerprint density at radius 3 is 2.24 bits per heavy atom. The highest BCUT2D eigenvalue weighted by Crippen LogP contribution is 2.39. The minimum Gasteiger partial charge on any atom is -0.493 e. The molecule has 33 heavy (non-hydrogen) atoms.